The zero-order valence-corrected chi connectivity index (χ0v) is 25.2. The van der Waals surface area contributed by atoms with Crippen LogP contribution in [0.5, 0.6) is 0 Å². The molecular weight excluding hydrogens is 565 g/mol. The van der Waals surface area contributed by atoms with Gasteiger partial charge in [0.2, 0.25) is 5.96 Å². The Labute approximate surface area is 232 Å². The Bertz CT molecular complexity index is 993. The Hall–Kier alpha value is -3.15. The predicted octanol–water partition coefficient (Wildman–Crippen LogP) is 3.52. The summed E-state index contributed by atoms with van der Waals surface area (Å²) in [6, 6.07) is 0. The first-order chi connectivity index (χ1) is 17.7. The number of alkyl halides is 3. The molecular formula is C22H41F3N6O8S. The predicted molar refractivity (Wildman–Crippen MR) is 142 cm³/mol. The van der Waals surface area contributed by atoms with Gasteiger partial charge in [-0.3, -0.25) is 20.9 Å². The smallest absolute Gasteiger partial charge is 0.444 e. The number of nitrogens with one attached hydrogen (secondary N) is 3. The van der Waals surface area contributed by atoms with E-state index in [2.05, 4.69) is 20.0 Å². The van der Waals surface area contributed by atoms with Crippen molar-refractivity contribution in [3.8, 4) is 0 Å². The summed E-state index contributed by atoms with van der Waals surface area (Å²) in [6.45, 7) is 16.7. The molecule has 0 saturated heterocycles. The third-order valence-corrected chi connectivity index (χ3v) is 4.20. The number of guanidine groups is 1. The van der Waals surface area contributed by atoms with Crippen molar-refractivity contribution in [2.45, 2.75) is 98.0 Å². The number of nitrogens with zero attached hydrogens (tertiary/aromatic N) is 2. The van der Waals surface area contributed by atoms with Crippen molar-refractivity contribution in [3.63, 3.8) is 0 Å². The topological polar surface area (TPSA) is 200 Å². The van der Waals surface area contributed by atoms with Crippen LogP contribution in [-0.2, 0) is 24.2 Å². The number of alkyl carbamates (subject to hydrolysis) is 3. The van der Waals surface area contributed by atoms with E-state index in [4.69, 9.17) is 19.9 Å². The van der Waals surface area contributed by atoms with E-state index in [1.165, 1.54) is 20.8 Å². The molecule has 0 bridgehead atoms. The van der Waals surface area contributed by atoms with Crippen molar-refractivity contribution in [3.05, 3.63) is 0 Å². The van der Waals surface area contributed by atoms with Crippen LogP contribution in [0.4, 0.5) is 27.6 Å². The molecule has 0 unspecified atom stereocenters. The van der Waals surface area contributed by atoms with E-state index in [1.54, 1.807) is 46.9 Å². The molecule has 0 fully saturated rings. The maximum absolute atomic E-state index is 12.0. The first kappa shape index (κ1) is 39.0. The quantitative estimate of drug-likeness (QED) is 0.160. The number of carbonyl (C=O) groups is 3. The lowest BCUT2D eigenvalue weighted by Crippen LogP contribution is -2.47. The number of ether oxygens (including phenoxy) is 3. The summed E-state index contributed by atoms with van der Waals surface area (Å²) in [6.07, 6.45) is -1.90. The highest BCUT2D eigenvalue weighted by molar-refractivity contribution is 7.91. The van der Waals surface area contributed by atoms with E-state index in [9.17, 15) is 36.0 Å². The van der Waals surface area contributed by atoms with Crippen LogP contribution in [0.2, 0.25) is 0 Å². The minimum absolute atomic E-state index is 0.0306. The fourth-order valence-corrected chi connectivity index (χ4v) is 2.41. The van der Waals surface area contributed by atoms with Gasteiger partial charge in [-0.2, -0.15) is 21.6 Å². The summed E-state index contributed by atoms with van der Waals surface area (Å²) in [5.41, 5.74) is -2.30. The number of aliphatic imine (C=N–C) groups is 1. The van der Waals surface area contributed by atoms with Gasteiger partial charge in [-0.25, -0.2) is 14.4 Å². The summed E-state index contributed by atoms with van der Waals surface area (Å²) in [7, 11) is -5.67. The number of amidine groups is 1. The SMILES string of the molecule is CC(=NS(=O)(=O)C(F)(F)F)NC(=O)OC(C)(C)C.CC(C)(C)OC(=O)NC(=NCCCN)NC(=O)OC(C)(C)C. The van der Waals surface area contributed by atoms with Crippen molar-refractivity contribution in [1.29, 1.82) is 0 Å². The molecule has 0 radical (unpaired) electrons. The van der Waals surface area contributed by atoms with Crippen molar-refractivity contribution < 1.29 is 50.2 Å². The Kier molecular flexibility index (Phi) is 15.2. The molecule has 0 aromatic carbocycles. The zero-order valence-electron chi connectivity index (χ0n) is 24.4. The van der Waals surface area contributed by atoms with Crippen LogP contribution < -0.4 is 21.7 Å². The highest BCUT2D eigenvalue weighted by Gasteiger charge is 2.46. The van der Waals surface area contributed by atoms with Gasteiger partial charge in [0.1, 0.15) is 22.6 Å². The average Bonchev–Trinajstić information content (AvgIpc) is 2.62. The van der Waals surface area contributed by atoms with Gasteiger partial charge in [-0.05, 0) is 82.2 Å². The first-order valence-corrected chi connectivity index (χ1v) is 13.2. The molecule has 0 spiro atoms. The van der Waals surface area contributed by atoms with E-state index >= 15 is 0 Å². The average molecular weight is 607 g/mol. The number of nitrogens with two attached hydrogens (primary N) is 1. The summed E-state index contributed by atoms with van der Waals surface area (Å²) in [5.74, 6) is -0.765. The van der Waals surface area contributed by atoms with Crippen LogP contribution in [0.25, 0.3) is 0 Å². The van der Waals surface area contributed by atoms with Crippen molar-refractivity contribution in [2.24, 2.45) is 15.1 Å². The summed E-state index contributed by atoms with van der Waals surface area (Å²) in [5, 5.41) is 6.54. The van der Waals surface area contributed by atoms with Crippen LogP contribution in [0.1, 0.15) is 75.7 Å². The second-order valence-electron chi connectivity index (χ2n) is 10.9. The normalized spacial score (nSPS) is 12.7. The van der Waals surface area contributed by atoms with Gasteiger partial charge in [0, 0.05) is 6.54 Å². The highest BCUT2D eigenvalue weighted by Crippen LogP contribution is 2.24. The molecule has 3 amide bonds. The fourth-order valence-electron chi connectivity index (χ4n) is 1.90. The van der Waals surface area contributed by atoms with Crippen molar-refractivity contribution >= 4 is 40.1 Å². The van der Waals surface area contributed by atoms with Gasteiger partial charge in [0.25, 0.3) is 0 Å². The van der Waals surface area contributed by atoms with Crippen LogP contribution >= 0.6 is 0 Å². The fraction of sp³-hybridized carbons (Fsp3) is 0.773. The van der Waals surface area contributed by atoms with E-state index < -0.39 is 56.5 Å². The van der Waals surface area contributed by atoms with Gasteiger partial charge < -0.3 is 19.9 Å². The Morgan fingerprint density at radius 3 is 1.40 bits per heavy atom. The van der Waals surface area contributed by atoms with E-state index in [0.717, 1.165) is 6.92 Å². The molecule has 0 aromatic rings. The molecule has 5 N–H and O–H groups in total. The van der Waals surface area contributed by atoms with Crippen LogP contribution in [0.15, 0.2) is 9.39 Å². The Balaban J connectivity index is 0. The van der Waals surface area contributed by atoms with Crippen molar-refractivity contribution in [1.82, 2.24) is 16.0 Å². The molecule has 14 nitrogen and oxygen atoms in total. The van der Waals surface area contributed by atoms with Crippen LogP contribution in [0, 0.1) is 0 Å². The van der Waals surface area contributed by atoms with E-state index in [1.807, 2.05) is 0 Å². The summed E-state index contributed by atoms with van der Waals surface area (Å²) < 4.78 is 74.5. The summed E-state index contributed by atoms with van der Waals surface area (Å²) in [4.78, 5) is 38.7. The number of halogens is 3. The molecule has 0 heterocycles. The largest absolute Gasteiger partial charge is 0.518 e. The second-order valence-corrected chi connectivity index (χ2v) is 12.4. The Morgan fingerprint density at radius 2 is 1.10 bits per heavy atom. The molecule has 0 aromatic heterocycles. The third kappa shape index (κ3) is 21.7. The van der Waals surface area contributed by atoms with Gasteiger partial charge in [-0.15, -0.1) is 4.40 Å². The molecule has 0 aliphatic carbocycles. The lowest BCUT2D eigenvalue weighted by atomic mass is 10.2. The lowest BCUT2D eigenvalue weighted by Gasteiger charge is -2.22. The molecule has 18 heteroatoms. The minimum Gasteiger partial charge on any atom is -0.444 e. The van der Waals surface area contributed by atoms with Crippen LogP contribution in [0.3, 0.4) is 0 Å². The third-order valence-electron chi connectivity index (χ3n) is 3.10. The number of hydrogen-bond donors (Lipinski definition) is 4. The van der Waals surface area contributed by atoms with E-state index in [-0.39, 0.29) is 5.96 Å². The molecule has 40 heavy (non-hydrogen) atoms. The molecule has 0 aliphatic heterocycles. The maximum atomic E-state index is 12.0. The number of rotatable bonds is 4. The van der Waals surface area contributed by atoms with Crippen molar-refractivity contribution in [2.75, 3.05) is 13.1 Å². The number of hydrogen-bond acceptors (Lipinski definition) is 10. The molecule has 0 aliphatic rings. The highest BCUT2D eigenvalue weighted by atomic mass is 32.2. The molecule has 234 valence electrons. The monoisotopic (exact) mass is 606 g/mol. The van der Waals surface area contributed by atoms with Gasteiger partial charge in [0.05, 0.1) is 0 Å². The van der Waals surface area contributed by atoms with Gasteiger partial charge in [-0.1, -0.05) is 0 Å². The summed E-state index contributed by atoms with van der Waals surface area (Å²) >= 11 is 0. The number of carbonyl (C=O) groups excluding carboxylic acids is 3. The lowest BCUT2D eigenvalue weighted by molar-refractivity contribution is -0.0435. The van der Waals surface area contributed by atoms with Crippen LogP contribution in [-0.4, -0.2) is 73.9 Å². The first-order valence-electron chi connectivity index (χ1n) is 11.8. The standard InChI is InChI=1S/C14H28N4O4.C8H13F3N2O4S/c1-13(2,3)21-11(19)17-10(16-9-7-8-15)18-12(20)22-14(4,5)6;1-5(12-6(14)17-7(2,3)4)13-18(15,16)8(9,10)11/h7-9,15H2,1-6H3,(H2,16,17,18,19,20);1-4H3,(H,12,13,14). The van der Waals surface area contributed by atoms with Gasteiger partial charge in [0.15, 0.2) is 0 Å². The second kappa shape index (κ2) is 15.6. The molecule has 0 rings (SSSR count). The number of amides is 3. The maximum Gasteiger partial charge on any atom is 0.518 e. The Morgan fingerprint density at radius 1 is 0.750 bits per heavy atom. The molecule has 0 atom stereocenters. The minimum atomic E-state index is -5.67. The van der Waals surface area contributed by atoms with E-state index in [0.29, 0.717) is 19.5 Å². The van der Waals surface area contributed by atoms with Gasteiger partial charge >= 0.3 is 33.8 Å². The molecule has 0 saturated carbocycles. The number of sulfonamides is 1. The zero-order chi connectivity index (χ0) is 32.2.